The highest BCUT2D eigenvalue weighted by Crippen LogP contribution is 2.28. The molecule has 3 rings (SSSR count). The van der Waals surface area contributed by atoms with Gasteiger partial charge in [-0.3, -0.25) is 4.79 Å². The molecule has 1 aliphatic heterocycles. The van der Waals surface area contributed by atoms with Crippen LogP contribution in [0.3, 0.4) is 0 Å². The molecule has 1 aromatic rings. The maximum atomic E-state index is 12.6. The summed E-state index contributed by atoms with van der Waals surface area (Å²) in [6, 6.07) is 8.18. The van der Waals surface area contributed by atoms with Crippen molar-refractivity contribution in [3.63, 3.8) is 0 Å². The van der Waals surface area contributed by atoms with E-state index in [1.54, 1.807) is 0 Å². The van der Waals surface area contributed by atoms with Crippen LogP contribution in [0.25, 0.3) is 0 Å². The minimum Gasteiger partial charge on any atom is -0.326 e. The molecule has 3 heteroatoms. The summed E-state index contributed by atoms with van der Waals surface area (Å²) in [5.74, 6) is 0.195. The molecule has 3 nitrogen and oxygen atoms in total. The summed E-state index contributed by atoms with van der Waals surface area (Å²) in [6.07, 6.45) is 8.34. The van der Waals surface area contributed by atoms with E-state index in [2.05, 4.69) is 12.1 Å². The van der Waals surface area contributed by atoms with Gasteiger partial charge in [0.25, 0.3) is 0 Å². The Labute approximate surface area is 120 Å². The summed E-state index contributed by atoms with van der Waals surface area (Å²) >= 11 is 0. The molecule has 1 aliphatic carbocycles. The van der Waals surface area contributed by atoms with E-state index in [1.807, 2.05) is 23.1 Å². The van der Waals surface area contributed by atoms with Gasteiger partial charge in [-0.15, -0.1) is 0 Å². The fraction of sp³-hybridized carbons (Fsp3) is 0.471. The number of fused-ring (bicyclic) bond motifs is 1. The summed E-state index contributed by atoms with van der Waals surface area (Å²) in [6.45, 7) is 0.642. The van der Waals surface area contributed by atoms with E-state index in [4.69, 9.17) is 5.73 Å². The Morgan fingerprint density at radius 3 is 2.95 bits per heavy atom. The molecule has 0 saturated heterocycles. The first-order valence-corrected chi connectivity index (χ1v) is 7.56. The van der Waals surface area contributed by atoms with Gasteiger partial charge in [-0.05, 0) is 43.7 Å². The minimum atomic E-state index is 0.0502. The molecular weight excluding hydrogens is 248 g/mol. The number of amides is 1. The lowest BCUT2D eigenvalue weighted by atomic mass is 9.95. The first-order valence-electron chi connectivity index (χ1n) is 7.56. The number of allylic oxidation sites excluding steroid dienone is 1. The molecule has 0 spiro atoms. The minimum absolute atomic E-state index is 0.0502. The van der Waals surface area contributed by atoms with Crippen LogP contribution in [-0.4, -0.2) is 18.5 Å². The molecule has 1 aromatic carbocycles. The highest BCUT2D eigenvalue weighted by molar-refractivity contribution is 5.96. The number of benzene rings is 1. The summed E-state index contributed by atoms with van der Waals surface area (Å²) in [5, 5.41) is 0. The number of hydrogen-bond acceptors (Lipinski definition) is 2. The predicted molar refractivity (Wildman–Crippen MR) is 81.6 cm³/mol. The zero-order chi connectivity index (χ0) is 13.9. The number of anilines is 1. The predicted octanol–water partition coefficient (Wildman–Crippen LogP) is 2.79. The van der Waals surface area contributed by atoms with Crippen LogP contribution in [0.15, 0.2) is 35.9 Å². The first-order chi connectivity index (χ1) is 9.74. The lowest BCUT2D eigenvalue weighted by Gasteiger charge is -2.33. The number of hydrogen-bond donors (Lipinski definition) is 1. The second kappa shape index (κ2) is 5.80. The van der Waals surface area contributed by atoms with Crippen molar-refractivity contribution in [2.24, 2.45) is 5.73 Å². The second-order valence-corrected chi connectivity index (χ2v) is 5.88. The Morgan fingerprint density at radius 1 is 1.30 bits per heavy atom. The Hall–Kier alpha value is -1.61. The lowest BCUT2D eigenvalue weighted by Crippen LogP contribution is -2.46. The fourth-order valence-corrected chi connectivity index (χ4v) is 3.22. The van der Waals surface area contributed by atoms with E-state index >= 15 is 0 Å². The number of carbonyl (C=O) groups excluding carboxylic acids is 1. The third-order valence-electron chi connectivity index (χ3n) is 4.25. The van der Waals surface area contributed by atoms with Crippen molar-refractivity contribution in [2.45, 2.75) is 44.6 Å². The van der Waals surface area contributed by atoms with Crippen LogP contribution in [0.4, 0.5) is 5.69 Å². The van der Waals surface area contributed by atoms with Gasteiger partial charge < -0.3 is 10.6 Å². The van der Waals surface area contributed by atoms with Crippen LogP contribution >= 0.6 is 0 Å². The van der Waals surface area contributed by atoms with Gasteiger partial charge in [0.1, 0.15) is 0 Å². The molecule has 1 heterocycles. The summed E-state index contributed by atoms with van der Waals surface area (Å²) in [4.78, 5) is 14.5. The Bertz CT molecular complexity index is 536. The Kier molecular flexibility index (Phi) is 3.88. The normalized spacial score (nSPS) is 22.1. The molecule has 0 bridgehead atoms. The van der Waals surface area contributed by atoms with Gasteiger partial charge >= 0.3 is 0 Å². The average Bonchev–Trinajstić information content (AvgIpc) is 2.47. The quantitative estimate of drug-likeness (QED) is 0.840. The van der Waals surface area contributed by atoms with Crippen LogP contribution < -0.4 is 10.6 Å². The van der Waals surface area contributed by atoms with Crippen molar-refractivity contribution in [1.29, 1.82) is 0 Å². The van der Waals surface area contributed by atoms with Gasteiger partial charge in [0.05, 0.1) is 0 Å². The standard InChI is InChI=1S/C17H22N2O/c18-15-11-14-8-4-5-9-16(14)19(12-15)17(20)10-13-6-2-1-3-7-13/h4-6,8-9,15H,1-3,7,10-12,18H2. The topological polar surface area (TPSA) is 46.3 Å². The molecule has 0 radical (unpaired) electrons. The van der Waals surface area contributed by atoms with Crippen LogP contribution in [0, 0.1) is 0 Å². The van der Waals surface area contributed by atoms with Crippen LogP contribution in [0.5, 0.6) is 0 Å². The fourth-order valence-electron chi connectivity index (χ4n) is 3.22. The molecule has 0 aromatic heterocycles. The maximum absolute atomic E-state index is 12.6. The third-order valence-corrected chi connectivity index (χ3v) is 4.25. The second-order valence-electron chi connectivity index (χ2n) is 5.88. The van der Waals surface area contributed by atoms with Crippen LogP contribution in [0.1, 0.15) is 37.7 Å². The molecule has 1 amide bonds. The molecule has 106 valence electrons. The van der Waals surface area contributed by atoms with Gasteiger partial charge in [0.2, 0.25) is 5.91 Å². The molecule has 1 atom stereocenters. The highest BCUT2D eigenvalue weighted by atomic mass is 16.2. The van der Waals surface area contributed by atoms with Gasteiger partial charge in [-0.2, -0.15) is 0 Å². The van der Waals surface area contributed by atoms with Crippen LogP contribution in [0.2, 0.25) is 0 Å². The zero-order valence-electron chi connectivity index (χ0n) is 11.8. The largest absolute Gasteiger partial charge is 0.326 e. The Balaban J connectivity index is 1.79. The van der Waals surface area contributed by atoms with Crippen molar-refractivity contribution in [1.82, 2.24) is 0 Å². The van der Waals surface area contributed by atoms with Crippen molar-refractivity contribution in [3.05, 3.63) is 41.5 Å². The van der Waals surface area contributed by atoms with Gasteiger partial charge in [-0.1, -0.05) is 29.8 Å². The van der Waals surface area contributed by atoms with E-state index in [1.165, 1.54) is 24.0 Å². The van der Waals surface area contributed by atoms with E-state index in [0.29, 0.717) is 13.0 Å². The van der Waals surface area contributed by atoms with Crippen molar-refractivity contribution in [2.75, 3.05) is 11.4 Å². The van der Waals surface area contributed by atoms with Crippen molar-refractivity contribution >= 4 is 11.6 Å². The molecule has 20 heavy (non-hydrogen) atoms. The van der Waals surface area contributed by atoms with Crippen LogP contribution in [-0.2, 0) is 11.2 Å². The molecule has 2 N–H and O–H groups in total. The highest BCUT2D eigenvalue weighted by Gasteiger charge is 2.26. The van der Waals surface area contributed by atoms with Crippen molar-refractivity contribution < 1.29 is 4.79 Å². The number of carbonyl (C=O) groups is 1. The van der Waals surface area contributed by atoms with E-state index in [-0.39, 0.29) is 11.9 Å². The summed E-state index contributed by atoms with van der Waals surface area (Å²) < 4.78 is 0. The molecule has 0 saturated carbocycles. The summed E-state index contributed by atoms with van der Waals surface area (Å²) in [7, 11) is 0. The lowest BCUT2D eigenvalue weighted by molar-refractivity contribution is -0.118. The molecular formula is C17H22N2O. The van der Waals surface area contributed by atoms with Gasteiger partial charge in [0, 0.05) is 24.7 Å². The maximum Gasteiger partial charge on any atom is 0.231 e. The number of nitrogens with zero attached hydrogens (tertiary/aromatic N) is 1. The molecule has 1 unspecified atom stereocenters. The van der Waals surface area contributed by atoms with Gasteiger partial charge in [-0.25, -0.2) is 0 Å². The smallest absolute Gasteiger partial charge is 0.231 e. The van der Waals surface area contributed by atoms with E-state index < -0.39 is 0 Å². The Morgan fingerprint density at radius 2 is 2.15 bits per heavy atom. The number of nitrogens with two attached hydrogens (primary N) is 1. The van der Waals surface area contributed by atoms with E-state index in [0.717, 1.165) is 24.9 Å². The molecule has 0 fully saturated rings. The van der Waals surface area contributed by atoms with E-state index in [9.17, 15) is 4.79 Å². The number of para-hydroxylation sites is 1. The number of rotatable bonds is 2. The SMILES string of the molecule is NC1Cc2ccccc2N(C(=O)CC2=CCCCC2)C1. The summed E-state index contributed by atoms with van der Waals surface area (Å²) in [5.41, 5.74) is 9.65. The van der Waals surface area contributed by atoms with Gasteiger partial charge in [0.15, 0.2) is 0 Å². The monoisotopic (exact) mass is 270 g/mol. The van der Waals surface area contributed by atoms with Crippen molar-refractivity contribution in [3.8, 4) is 0 Å². The first kappa shape index (κ1) is 13.4. The molecule has 2 aliphatic rings. The average molecular weight is 270 g/mol. The zero-order valence-corrected chi connectivity index (χ0v) is 11.8. The third kappa shape index (κ3) is 2.78.